The molecule has 0 spiro atoms. The van der Waals surface area contributed by atoms with Gasteiger partial charge in [0.15, 0.2) is 0 Å². The minimum absolute atomic E-state index is 0.0818. The first-order valence-electron chi connectivity index (χ1n) is 5.63. The predicted molar refractivity (Wildman–Crippen MR) is 66.8 cm³/mol. The Morgan fingerprint density at radius 2 is 1.94 bits per heavy atom. The van der Waals surface area contributed by atoms with E-state index in [9.17, 15) is 0 Å². The van der Waals surface area contributed by atoms with E-state index in [1.165, 1.54) is 0 Å². The van der Waals surface area contributed by atoms with Crippen molar-refractivity contribution in [3.8, 4) is 5.75 Å². The highest BCUT2D eigenvalue weighted by molar-refractivity contribution is 5.43. The van der Waals surface area contributed by atoms with Gasteiger partial charge in [-0.15, -0.1) is 6.58 Å². The molecule has 0 unspecified atom stereocenters. The van der Waals surface area contributed by atoms with Gasteiger partial charge in [-0.3, -0.25) is 0 Å². The molecule has 0 saturated heterocycles. The second kappa shape index (κ2) is 6.33. The van der Waals surface area contributed by atoms with Crippen LogP contribution in [0.1, 0.15) is 29.5 Å². The number of allylic oxidation sites excluding steroid dienone is 1. The molecule has 0 fully saturated rings. The van der Waals surface area contributed by atoms with E-state index in [-0.39, 0.29) is 6.61 Å². The molecule has 0 aliphatic rings. The highest BCUT2D eigenvalue weighted by atomic mass is 16.5. The Morgan fingerprint density at radius 3 is 2.44 bits per heavy atom. The standard InChI is InChI=1S/C14H20O2/c1-4-5-6-7-16-14-11(2)8-13(10-15)9-12(14)3/h4,8-9,15H,1,5-7,10H2,2-3H3. The van der Waals surface area contributed by atoms with Gasteiger partial charge in [-0.05, 0) is 43.4 Å². The molecule has 1 aromatic rings. The van der Waals surface area contributed by atoms with Gasteiger partial charge >= 0.3 is 0 Å². The van der Waals surface area contributed by atoms with E-state index in [1.807, 2.05) is 32.1 Å². The van der Waals surface area contributed by atoms with Crippen molar-refractivity contribution >= 4 is 0 Å². The molecule has 16 heavy (non-hydrogen) atoms. The summed E-state index contributed by atoms with van der Waals surface area (Å²) in [6, 6.07) is 3.94. The van der Waals surface area contributed by atoms with Gasteiger partial charge in [0.1, 0.15) is 5.75 Å². The van der Waals surface area contributed by atoms with Crippen LogP contribution in [0.15, 0.2) is 24.8 Å². The molecular weight excluding hydrogens is 200 g/mol. The zero-order valence-corrected chi connectivity index (χ0v) is 10.1. The lowest BCUT2D eigenvalue weighted by Gasteiger charge is -2.13. The van der Waals surface area contributed by atoms with E-state index in [2.05, 4.69) is 6.58 Å². The summed E-state index contributed by atoms with van der Waals surface area (Å²) in [6.07, 6.45) is 3.87. The van der Waals surface area contributed by atoms with Gasteiger partial charge in [0, 0.05) is 0 Å². The lowest BCUT2D eigenvalue weighted by atomic mass is 10.1. The van der Waals surface area contributed by atoms with Crippen molar-refractivity contribution in [2.75, 3.05) is 6.61 Å². The van der Waals surface area contributed by atoms with Crippen LogP contribution in [-0.4, -0.2) is 11.7 Å². The highest BCUT2D eigenvalue weighted by Gasteiger charge is 2.05. The molecule has 2 heteroatoms. The first-order chi connectivity index (χ1) is 7.69. The first-order valence-corrected chi connectivity index (χ1v) is 5.63. The molecule has 0 aliphatic heterocycles. The van der Waals surface area contributed by atoms with Gasteiger partial charge in [0.25, 0.3) is 0 Å². The monoisotopic (exact) mass is 220 g/mol. The minimum atomic E-state index is 0.0818. The summed E-state index contributed by atoms with van der Waals surface area (Å²) in [5, 5.41) is 9.07. The average molecular weight is 220 g/mol. The van der Waals surface area contributed by atoms with Crippen LogP contribution in [0.5, 0.6) is 5.75 Å². The van der Waals surface area contributed by atoms with E-state index < -0.39 is 0 Å². The molecule has 1 aromatic carbocycles. The number of ether oxygens (including phenoxy) is 1. The fourth-order valence-electron chi connectivity index (χ4n) is 1.76. The predicted octanol–water partition coefficient (Wildman–Crippen LogP) is 3.14. The lowest BCUT2D eigenvalue weighted by molar-refractivity contribution is 0.280. The summed E-state index contributed by atoms with van der Waals surface area (Å²) >= 11 is 0. The van der Waals surface area contributed by atoms with E-state index >= 15 is 0 Å². The number of hydrogen-bond acceptors (Lipinski definition) is 2. The van der Waals surface area contributed by atoms with Gasteiger partial charge in [0.2, 0.25) is 0 Å². The average Bonchev–Trinajstić information content (AvgIpc) is 2.26. The van der Waals surface area contributed by atoms with Gasteiger partial charge in [-0.25, -0.2) is 0 Å². The summed E-state index contributed by atoms with van der Waals surface area (Å²) in [6.45, 7) is 8.49. The smallest absolute Gasteiger partial charge is 0.125 e. The third-order valence-corrected chi connectivity index (χ3v) is 2.50. The highest BCUT2D eigenvalue weighted by Crippen LogP contribution is 2.25. The maximum atomic E-state index is 9.07. The van der Waals surface area contributed by atoms with Crippen LogP contribution in [0.3, 0.4) is 0 Å². The largest absolute Gasteiger partial charge is 0.493 e. The van der Waals surface area contributed by atoms with Crippen LogP contribution in [0.4, 0.5) is 0 Å². The number of aliphatic hydroxyl groups is 1. The Bertz CT molecular complexity index is 333. The number of hydrogen-bond donors (Lipinski definition) is 1. The summed E-state index contributed by atoms with van der Waals surface area (Å²) in [5.41, 5.74) is 3.11. The Hall–Kier alpha value is -1.28. The van der Waals surface area contributed by atoms with Crippen molar-refractivity contribution in [1.29, 1.82) is 0 Å². The maximum absolute atomic E-state index is 9.07. The molecule has 2 nitrogen and oxygen atoms in total. The summed E-state index contributed by atoms with van der Waals surface area (Å²) in [4.78, 5) is 0. The molecule has 0 aromatic heterocycles. The molecule has 0 atom stereocenters. The number of aliphatic hydroxyl groups excluding tert-OH is 1. The SMILES string of the molecule is C=CCCCOc1c(C)cc(CO)cc1C. The Morgan fingerprint density at radius 1 is 1.31 bits per heavy atom. The molecule has 0 amide bonds. The first kappa shape index (κ1) is 12.8. The fourth-order valence-corrected chi connectivity index (χ4v) is 1.76. The van der Waals surface area contributed by atoms with Crippen LogP contribution in [0, 0.1) is 13.8 Å². The second-order valence-electron chi connectivity index (χ2n) is 4.00. The normalized spacial score (nSPS) is 10.2. The van der Waals surface area contributed by atoms with E-state index in [0.717, 1.165) is 35.3 Å². The fraction of sp³-hybridized carbons (Fsp3) is 0.429. The van der Waals surface area contributed by atoms with Crippen LogP contribution in [-0.2, 0) is 6.61 Å². The molecule has 1 rings (SSSR count). The number of aryl methyl sites for hydroxylation is 2. The number of rotatable bonds is 6. The van der Waals surface area contributed by atoms with Crippen LogP contribution < -0.4 is 4.74 Å². The molecule has 0 aliphatic carbocycles. The van der Waals surface area contributed by atoms with Crippen molar-refractivity contribution in [2.24, 2.45) is 0 Å². The van der Waals surface area contributed by atoms with Crippen LogP contribution in [0.2, 0.25) is 0 Å². The Kier molecular flexibility index (Phi) is 5.06. The second-order valence-corrected chi connectivity index (χ2v) is 4.00. The molecule has 0 radical (unpaired) electrons. The van der Waals surface area contributed by atoms with E-state index in [0.29, 0.717) is 6.61 Å². The van der Waals surface area contributed by atoms with Gasteiger partial charge in [-0.1, -0.05) is 18.2 Å². The zero-order valence-electron chi connectivity index (χ0n) is 10.1. The molecule has 0 heterocycles. The minimum Gasteiger partial charge on any atom is -0.493 e. The summed E-state index contributed by atoms with van der Waals surface area (Å²) in [7, 11) is 0. The van der Waals surface area contributed by atoms with Gasteiger partial charge in [0.05, 0.1) is 13.2 Å². The van der Waals surface area contributed by atoms with Crippen molar-refractivity contribution < 1.29 is 9.84 Å². The Labute approximate surface area is 97.6 Å². The molecular formula is C14H20O2. The lowest BCUT2D eigenvalue weighted by Crippen LogP contribution is -2.01. The zero-order chi connectivity index (χ0) is 12.0. The summed E-state index contributed by atoms with van der Waals surface area (Å²) in [5.74, 6) is 0.946. The molecule has 1 N–H and O–H groups in total. The van der Waals surface area contributed by atoms with Crippen molar-refractivity contribution in [1.82, 2.24) is 0 Å². The topological polar surface area (TPSA) is 29.5 Å². The van der Waals surface area contributed by atoms with Crippen LogP contribution in [0.25, 0.3) is 0 Å². The van der Waals surface area contributed by atoms with Crippen molar-refractivity contribution in [3.05, 3.63) is 41.5 Å². The van der Waals surface area contributed by atoms with Crippen LogP contribution >= 0.6 is 0 Å². The number of benzene rings is 1. The quantitative estimate of drug-likeness (QED) is 0.589. The Balaban J connectivity index is 2.68. The van der Waals surface area contributed by atoms with Crippen molar-refractivity contribution in [3.63, 3.8) is 0 Å². The van der Waals surface area contributed by atoms with Crippen molar-refractivity contribution in [2.45, 2.75) is 33.3 Å². The van der Waals surface area contributed by atoms with Gasteiger partial charge in [-0.2, -0.15) is 0 Å². The van der Waals surface area contributed by atoms with E-state index in [4.69, 9.17) is 9.84 Å². The number of unbranched alkanes of at least 4 members (excludes halogenated alkanes) is 1. The molecule has 88 valence electrons. The summed E-state index contributed by atoms with van der Waals surface area (Å²) < 4.78 is 5.74. The maximum Gasteiger partial charge on any atom is 0.125 e. The third kappa shape index (κ3) is 3.38. The van der Waals surface area contributed by atoms with E-state index in [1.54, 1.807) is 0 Å². The molecule has 0 bridgehead atoms. The molecule has 0 saturated carbocycles. The third-order valence-electron chi connectivity index (χ3n) is 2.50. The van der Waals surface area contributed by atoms with Gasteiger partial charge < -0.3 is 9.84 Å².